The summed E-state index contributed by atoms with van der Waals surface area (Å²) in [6.45, 7) is 6.56. The fourth-order valence-corrected chi connectivity index (χ4v) is 1.13. The minimum Gasteiger partial charge on any atom is -0.394 e. The van der Waals surface area contributed by atoms with E-state index in [0.29, 0.717) is 13.0 Å². The van der Waals surface area contributed by atoms with Gasteiger partial charge in [-0.15, -0.1) is 0 Å². The summed E-state index contributed by atoms with van der Waals surface area (Å²) in [5.41, 5.74) is -0.505. The lowest BCUT2D eigenvalue weighted by molar-refractivity contribution is 0.167. The molecule has 0 aromatic heterocycles. The largest absolute Gasteiger partial charge is 0.394 e. The van der Waals surface area contributed by atoms with Crippen LogP contribution in [0.4, 0.5) is 4.79 Å². The number of nitrogens with one attached hydrogen (secondary N) is 2. The molecule has 0 aromatic rings. The maximum atomic E-state index is 11.4. The van der Waals surface area contributed by atoms with Gasteiger partial charge < -0.3 is 15.7 Å². The van der Waals surface area contributed by atoms with Crippen LogP contribution in [0, 0.1) is 0 Å². The van der Waals surface area contributed by atoms with E-state index in [1.165, 1.54) is 0 Å². The van der Waals surface area contributed by atoms with Crippen molar-refractivity contribution in [2.45, 2.75) is 52.0 Å². The van der Waals surface area contributed by atoms with Crippen molar-refractivity contribution in [2.75, 3.05) is 13.2 Å². The van der Waals surface area contributed by atoms with Crippen LogP contribution in [-0.4, -0.2) is 29.8 Å². The van der Waals surface area contributed by atoms with Crippen LogP contribution in [0.3, 0.4) is 0 Å². The minimum atomic E-state index is -0.505. The van der Waals surface area contributed by atoms with E-state index in [-0.39, 0.29) is 12.6 Å². The molecule has 0 saturated carbocycles. The molecular weight excluding hydrogens is 192 g/mol. The zero-order valence-electron chi connectivity index (χ0n) is 10.1. The fourth-order valence-electron chi connectivity index (χ4n) is 1.13. The number of urea groups is 1. The van der Waals surface area contributed by atoms with Crippen LogP contribution in [0.2, 0.25) is 0 Å². The molecule has 0 aliphatic heterocycles. The van der Waals surface area contributed by atoms with Crippen LogP contribution in [0.25, 0.3) is 0 Å². The van der Waals surface area contributed by atoms with Gasteiger partial charge in [-0.1, -0.05) is 26.7 Å². The van der Waals surface area contributed by atoms with Gasteiger partial charge in [-0.05, 0) is 19.8 Å². The molecule has 0 bridgehead atoms. The van der Waals surface area contributed by atoms with Crippen molar-refractivity contribution in [1.82, 2.24) is 10.6 Å². The number of aliphatic hydroxyl groups excluding tert-OH is 1. The van der Waals surface area contributed by atoms with Gasteiger partial charge in [-0.3, -0.25) is 0 Å². The summed E-state index contributed by atoms with van der Waals surface area (Å²) in [5, 5.41) is 14.7. The average molecular weight is 216 g/mol. The van der Waals surface area contributed by atoms with Crippen molar-refractivity contribution in [3.8, 4) is 0 Å². The van der Waals surface area contributed by atoms with E-state index in [1.54, 1.807) is 0 Å². The SMILES string of the molecule is CCCCCNC(=O)N[C@@](C)(CC)CO. The fraction of sp³-hybridized carbons (Fsp3) is 0.909. The third-order valence-corrected chi connectivity index (χ3v) is 2.61. The summed E-state index contributed by atoms with van der Waals surface area (Å²) < 4.78 is 0. The van der Waals surface area contributed by atoms with Gasteiger partial charge in [-0.25, -0.2) is 4.79 Å². The summed E-state index contributed by atoms with van der Waals surface area (Å²) in [4.78, 5) is 11.4. The molecule has 90 valence electrons. The van der Waals surface area contributed by atoms with E-state index in [2.05, 4.69) is 17.6 Å². The predicted molar refractivity (Wildman–Crippen MR) is 61.8 cm³/mol. The third kappa shape index (κ3) is 6.33. The third-order valence-electron chi connectivity index (χ3n) is 2.61. The highest BCUT2D eigenvalue weighted by Gasteiger charge is 2.22. The van der Waals surface area contributed by atoms with E-state index < -0.39 is 5.54 Å². The molecule has 0 spiro atoms. The molecule has 4 nitrogen and oxygen atoms in total. The zero-order valence-corrected chi connectivity index (χ0v) is 10.1. The summed E-state index contributed by atoms with van der Waals surface area (Å²) in [5.74, 6) is 0. The number of aliphatic hydroxyl groups is 1. The van der Waals surface area contributed by atoms with E-state index >= 15 is 0 Å². The molecule has 0 heterocycles. The first-order valence-corrected chi connectivity index (χ1v) is 5.75. The van der Waals surface area contributed by atoms with E-state index in [4.69, 9.17) is 5.11 Å². The quantitative estimate of drug-likeness (QED) is 0.566. The Bertz CT molecular complexity index is 179. The second-order valence-electron chi connectivity index (χ2n) is 4.16. The first kappa shape index (κ1) is 14.2. The van der Waals surface area contributed by atoms with Gasteiger partial charge >= 0.3 is 6.03 Å². The Hall–Kier alpha value is -0.770. The summed E-state index contributed by atoms with van der Waals surface area (Å²) in [7, 11) is 0. The lowest BCUT2D eigenvalue weighted by Crippen LogP contribution is -2.52. The standard InChI is InChI=1S/C11H24N2O2/c1-4-6-7-8-12-10(15)13-11(3,5-2)9-14/h14H,4-9H2,1-3H3,(H2,12,13,15)/t11-/m0/s1. The lowest BCUT2D eigenvalue weighted by Gasteiger charge is -2.27. The number of hydrogen-bond donors (Lipinski definition) is 3. The zero-order chi connectivity index (χ0) is 11.7. The normalized spacial score (nSPS) is 14.4. The topological polar surface area (TPSA) is 61.4 Å². The monoisotopic (exact) mass is 216 g/mol. The van der Waals surface area contributed by atoms with Crippen LogP contribution in [0.15, 0.2) is 0 Å². The highest BCUT2D eigenvalue weighted by molar-refractivity contribution is 5.74. The molecule has 15 heavy (non-hydrogen) atoms. The smallest absolute Gasteiger partial charge is 0.315 e. The number of hydrogen-bond acceptors (Lipinski definition) is 2. The Morgan fingerprint density at radius 3 is 2.47 bits per heavy atom. The van der Waals surface area contributed by atoms with Crippen molar-refractivity contribution in [2.24, 2.45) is 0 Å². The maximum absolute atomic E-state index is 11.4. The number of amides is 2. The molecule has 0 saturated heterocycles. The Morgan fingerprint density at radius 1 is 1.33 bits per heavy atom. The highest BCUT2D eigenvalue weighted by atomic mass is 16.3. The second kappa shape index (κ2) is 7.51. The Balaban J connectivity index is 3.72. The molecule has 4 heteroatoms. The van der Waals surface area contributed by atoms with Gasteiger partial charge in [0, 0.05) is 6.54 Å². The van der Waals surface area contributed by atoms with Gasteiger partial charge in [0.25, 0.3) is 0 Å². The predicted octanol–water partition coefficient (Wildman–Crippen LogP) is 1.64. The molecule has 0 fully saturated rings. The summed E-state index contributed by atoms with van der Waals surface area (Å²) in [6.07, 6.45) is 4.00. The van der Waals surface area contributed by atoms with Crippen LogP contribution >= 0.6 is 0 Å². The van der Waals surface area contributed by atoms with Gasteiger partial charge in [0.2, 0.25) is 0 Å². The number of unbranched alkanes of at least 4 members (excludes halogenated alkanes) is 2. The summed E-state index contributed by atoms with van der Waals surface area (Å²) in [6, 6.07) is -0.190. The molecule has 2 amide bonds. The average Bonchev–Trinajstić information content (AvgIpc) is 2.24. The van der Waals surface area contributed by atoms with E-state index in [0.717, 1.165) is 19.3 Å². The number of rotatable bonds is 7. The number of carbonyl (C=O) groups excluding carboxylic acids is 1. The van der Waals surface area contributed by atoms with Crippen molar-refractivity contribution >= 4 is 6.03 Å². The summed E-state index contributed by atoms with van der Waals surface area (Å²) >= 11 is 0. The molecule has 3 N–H and O–H groups in total. The van der Waals surface area contributed by atoms with Gasteiger partial charge in [0.05, 0.1) is 12.1 Å². The molecule has 0 aromatic carbocycles. The van der Waals surface area contributed by atoms with Crippen molar-refractivity contribution in [3.05, 3.63) is 0 Å². The molecule has 0 aliphatic carbocycles. The van der Waals surface area contributed by atoms with Crippen LogP contribution in [0.1, 0.15) is 46.5 Å². The second-order valence-corrected chi connectivity index (χ2v) is 4.16. The number of carbonyl (C=O) groups is 1. The Morgan fingerprint density at radius 2 is 2.00 bits per heavy atom. The Labute approximate surface area is 92.4 Å². The first-order valence-electron chi connectivity index (χ1n) is 5.75. The molecule has 0 unspecified atom stereocenters. The van der Waals surface area contributed by atoms with E-state index in [1.807, 2.05) is 13.8 Å². The van der Waals surface area contributed by atoms with Gasteiger partial charge in [0.15, 0.2) is 0 Å². The maximum Gasteiger partial charge on any atom is 0.315 e. The minimum absolute atomic E-state index is 0.0358. The molecule has 0 aliphatic rings. The van der Waals surface area contributed by atoms with Crippen LogP contribution < -0.4 is 10.6 Å². The highest BCUT2D eigenvalue weighted by Crippen LogP contribution is 2.06. The van der Waals surface area contributed by atoms with E-state index in [9.17, 15) is 4.79 Å². The molecular formula is C11H24N2O2. The van der Waals surface area contributed by atoms with Crippen molar-refractivity contribution < 1.29 is 9.90 Å². The molecule has 0 rings (SSSR count). The van der Waals surface area contributed by atoms with Crippen LogP contribution in [-0.2, 0) is 0 Å². The first-order chi connectivity index (χ1) is 7.08. The Kier molecular flexibility index (Phi) is 7.13. The van der Waals surface area contributed by atoms with Crippen LogP contribution in [0.5, 0.6) is 0 Å². The lowest BCUT2D eigenvalue weighted by atomic mass is 10.0. The van der Waals surface area contributed by atoms with Crippen molar-refractivity contribution in [3.63, 3.8) is 0 Å². The molecule has 0 radical (unpaired) electrons. The van der Waals surface area contributed by atoms with Gasteiger partial charge in [0.1, 0.15) is 0 Å². The van der Waals surface area contributed by atoms with Crippen molar-refractivity contribution in [1.29, 1.82) is 0 Å². The molecule has 1 atom stereocenters. The van der Waals surface area contributed by atoms with Gasteiger partial charge in [-0.2, -0.15) is 0 Å².